The maximum absolute atomic E-state index is 5.27. The highest BCUT2D eigenvalue weighted by Gasteiger charge is 2.30. The van der Waals surface area contributed by atoms with Crippen LogP contribution in [0.15, 0.2) is 10.2 Å². The van der Waals surface area contributed by atoms with E-state index in [4.69, 9.17) is 11.5 Å². The van der Waals surface area contributed by atoms with Gasteiger partial charge in [0.25, 0.3) is 0 Å². The molecule has 0 aromatic heterocycles. The zero-order valence-corrected chi connectivity index (χ0v) is 11.4. The highest BCUT2D eigenvalue weighted by Crippen LogP contribution is 2.40. The molecular weight excluding hydrogens is 212 g/mol. The predicted molar refractivity (Wildman–Crippen MR) is 73.9 cm³/mol. The van der Waals surface area contributed by atoms with Crippen LogP contribution >= 0.6 is 0 Å². The van der Waals surface area contributed by atoms with Gasteiger partial charge in [0.05, 0.1) is 0 Å². The topological polar surface area (TPSA) is 76.8 Å². The summed E-state index contributed by atoms with van der Waals surface area (Å²) in [4.78, 5) is 0. The van der Waals surface area contributed by atoms with E-state index in [0.29, 0.717) is 5.41 Å². The lowest BCUT2D eigenvalue weighted by Gasteiger charge is -2.37. The van der Waals surface area contributed by atoms with Crippen LogP contribution in [0.25, 0.3) is 0 Å². The molecule has 0 aromatic rings. The van der Waals surface area contributed by atoms with Gasteiger partial charge in [-0.1, -0.05) is 33.1 Å². The highest BCUT2D eigenvalue weighted by molar-refractivity contribution is 5.84. The average Bonchev–Trinajstić information content (AvgIpc) is 2.27. The Morgan fingerprint density at radius 2 is 1.71 bits per heavy atom. The standard InChI is InChI=1S/C13H26N4/c1-10(16-17-12(14)15)9-13(2,3)11-7-5-4-6-8-11/h11H,4-9H2,1-3H3,(H4,14,15,17). The molecule has 1 aliphatic rings. The van der Waals surface area contributed by atoms with Crippen molar-refractivity contribution in [3.8, 4) is 0 Å². The Morgan fingerprint density at radius 3 is 2.24 bits per heavy atom. The van der Waals surface area contributed by atoms with Crippen molar-refractivity contribution in [2.45, 2.75) is 59.3 Å². The third-order valence-electron chi connectivity index (χ3n) is 3.76. The van der Waals surface area contributed by atoms with Crippen LogP contribution < -0.4 is 11.5 Å². The first-order valence-corrected chi connectivity index (χ1v) is 6.54. The number of hydrogen-bond acceptors (Lipinski definition) is 2. The van der Waals surface area contributed by atoms with E-state index in [0.717, 1.165) is 18.1 Å². The van der Waals surface area contributed by atoms with Gasteiger partial charge in [-0.3, -0.25) is 0 Å². The molecule has 0 spiro atoms. The molecule has 0 unspecified atom stereocenters. The molecule has 0 atom stereocenters. The van der Waals surface area contributed by atoms with E-state index in [1.807, 2.05) is 6.92 Å². The third-order valence-corrected chi connectivity index (χ3v) is 3.76. The van der Waals surface area contributed by atoms with Gasteiger partial charge in [0, 0.05) is 5.71 Å². The molecular formula is C13H26N4. The van der Waals surface area contributed by atoms with Gasteiger partial charge in [0.15, 0.2) is 0 Å². The van der Waals surface area contributed by atoms with Crippen LogP contribution in [0.4, 0.5) is 0 Å². The lowest BCUT2D eigenvalue weighted by Crippen LogP contribution is -2.28. The number of nitrogens with zero attached hydrogens (tertiary/aromatic N) is 2. The molecule has 17 heavy (non-hydrogen) atoms. The Bertz CT molecular complexity index is 295. The molecule has 1 fully saturated rings. The van der Waals surface area contributed by atoms with Gasteiger partial charge < -0.3 is 11.5 Å². The second kappa shape index (κ2) is 6.03. The highest BCUT2D eigenvalue weighted by atomic mass is 15.3. The van der Waals surface area contributed by atoms with Crippen molar-refractivity contribution >= 4 is 11.7 Å². The van der Waals surface area contributed by atoms with Crippen LogP contribution in [0, 0.1) is 11.3 Å². The molecule has 0 saturated heterocycles. The van der Waals surface area contributed by atoms with Crippen molar-refractivity contribution in [1.82, 2.24) is 0 Å². The summed E-state index contributed by atoms with van der Waals surface area (Å²) in [5.41, 5.74) is 11.8. The van der Waals surface area contributed by atoms with Crippen molar-refractivity contribution in [3.05, 3.63) is 0 Å². The van der Waals surface area contributed by atoms with E-state index in [1.165, 1.54) is 32.1 Å². The number of nitrogens with two attached hydrogens (primary N) is 2. The van der Waals surface area contributed by atoms with E-state index in [9.17, 15) is 0 Å². The van der Waals surface area contributed by atoms with Crippen molar-refractivity contribution in [1.29, 1.82) is 0 Å². The van der Waals surface area contributed by atoms with E-state index < -0.39 is 0 Å². The lowest BCUT2D eigenvalue weighted by molar-refractivity contribution is 0.166. The largest absolute Gasteiger partial charge is 0.369 e. The van der Waals surface area contributed by atoms with Crippen LogP contribution in [0.1, 0.15) is 59.3 Å². The molecule has 4 N–H and O–H groups in total. The van der Waals surface area contributed by atoms with Gasteiger partial charge >= 0.3 is 0 Å². The van der Waals surface area contributed by atoms with Gasteiger partial charge in [-0.15, -0.1) is 5.10 Å². The second-order valence-electron chi connectivity index (χ2n) is 5.86. The first-order chi connectivity index (χ1) is 7.92. The molecule has 1 aliphatic carbocycles. The van der Waals surface area contributed by atoms with Crippen LogP contribution in [0.5, 0.6) is 0 Å². The van der Waals surface area contributed by atoms with Gasteiger partial charge in [-0.2, -0.15) is 5.10 Å². The van der Waals surface area contributed by atoms with E-state index in [2.05, 4.69) is 24.1 Å². The fraction of sp³-hybridized carbons (Fsp3) is 0.846. The lowest BCUT2D eigenvalue weighted by atomic mass is 9.69. The van der Waals surface area contributed by atoms with E-state index in [1.54, 1.807) is 0 Å². The molecule has 0 amide bonds. The summed E-state index contributed by atoms with van der Waals surface area (Å²) in [6.07, 6.45) is 7.81. The second-order valence-corrected chi connectivity index (χ2v) is 5.86. The normalized spacial score (nSPS) is 19.1. The first kappa shape index (κ1) is 14.0. The summed E-state index contributed by atoms with van der Waals surface area (Å²) in [5.74, 6) is 0.834. The van der Waals surface area contributed by atoms with Crippen molar-refractivity contribution in [2.24, 2.45) is 33.0 Å². The SMILES string of the molecule is CC(CC(C)(C)C1CCCCC1)=NN=C(N)N. The maximum Gasteiger partial charge on any atom is 0.211 e. The molecule has 4 heteroatoms. The van der Waals surface area contributed by atoms with Gasteiger partial charge in [0.1, 0.15) is 0 Å². The molecule has 1 saturated carbocycles. The van der Waals surface area contributed by atoms with Gasteiger partial charge in [-0.05, 0) is 37.5 Å². The zero-order valence-electron chi connectivity index (χ0n) is 11.4. The average molecular weight is 238 g/mol. The third kappa shape index (κ3) is 4.75. The summed E-state index contributed by atoms with van der Waals surface area (Å²) in [5, 5.41) is 7.77. The van der Waals surface area contributed by atoms with E-state index in [-0.39, 0.29) is 5.96 Å². The quantitative estimate of drug-likeness (QED) is 0.449. The van der Waals surface area contributed by atoms with Crippen molar-refractivity contribution in [2.75, 3.05) is 0 Å². The monoisotopic (exact) mass is 238 g/mol. The number of guanidine groups is 1. The Balaban J connectivity index is 2.58. The summed E-state index contributed by atoms with van der Waals surface area (Å²) in [6, 6.07) is 0. The minimum absolute atomic E-state index is 0.0276. The molecule has 0 aliphatic heterocycles. The summed E-state index contributed by atoms with van der Waals surface area (Å²) in [6.45, 7) is 6.66. The maximum atomic E-state index is 5.27. The molecule has 0 heterocycles. The number of hydrogen-bond donors (Lipinski definition) is 2. The Hall–Kier alpha value is -1.06. The van der Waals surface area contributed by atoms with Crippen molar-refractivity contribution in [3.63, 3.8) is 0 Å². The van der Waals surface area contributed by atoms with Crippen molar-refractivity contribution < 1.29 is 0 Å². The molecule has 1 rings (SSSR count). The summed E-state index contributed by atoms with van der Waals surface area (Å²) >= 11 is 0. The number of rotatable bonds is 4. The summed E-state index contributed by atoms with van der Waals surface area (Å²) in [7, 11) is 0. The minimum Gasteiger partial charge on any atom is -0.369 e. The van der Waals surface area contributed by atoms with Crippen LogP contribution in [0.3, 0.4) is 0 Å². The Labute approximate surface area is 105 Å². The zero-order chi connectivity index (χ0) is 12.9. The van der Waals surface area contributed by atoms with E-state index >= 15 is 0 Å². The summed E-state index contributed by atoms with van der Waals surface area (Å²) < 4.78 is 0. The Kier molecular flexibility index (Phi) is 4.97. The van der Waals surface area contributed by atoms with Gasteiger partial charge in [-0.25, -0.2) is 0 Å². The van der Waals surface area contributed by atoms with Crippen LogP contribution in [-0.4, -0.2) is 11.7 Å². The van der Waals surface area contributed by atoms with Crippen LogP contribution in [0.2, 0.25) is 0 Å². The molecule has 0 radical (unpaired) electrons. The smallest absolute Gasteiger partial charge is 0.211 e. The predicted octanol–water partition coefficient (Wildman–Crippen LogP) is 2.63. The molecule has 98 valence electrons. The van der Waals surface area contributed by atoms with Gasteiger partial charge in [0.2, 0.25) is 5.96 Å². The fourth-order valence-electron chi connectivity index (χ4n) is 2.87. The van der Waals surface area contributed by atoms with Crippen LogP contribution in [-0.2, 0) is 0 Å². The molecule has 4 nitrogen and oxygen atoms in total. The first-order valence-electron chi connectivity index (χ1n) is 6.54. The minimum atomic E-state index is 0.0276. The molecule has 0 aromatic carbocycles. The molecule has 0 bridgehead atoms. The fourth-order valence-corrected chi connectivity index (χ4v) is 2.87. The Morgan fingerprint density at radius 1 is 1.12 bits per heavy atom.